The third-order valence-electron chi connectivity index (χ3n) is 5.32. The number of fused-ring (bicyclic) bond motifs is 3. The van der Waals surface area contributed by atoms with E-state index in [-0.39, 0.29) is 6.61 Å². The average molecular weight is 384 g/mol. The van der Waals surface area contributed by atoms with Crippen molar-refractivity contribution >= 4 is 5.95 Å². The molecule has 2 fully saturated rings. The average Bonchev–Trinajstić information content (AvgIpc) is 2.97. The van der Waals surface area contributed by atoms with Gasteiger partial charge in [0.05, 0.1) is 25.9 Å². The standard InChI is InChI=1S/C21H28N4O3/c1-16-6-7-22-21(23-16)25-12-18-11-24(19(13-25)15-27-14-18)10-17-2-4-20(5-3-17)28-9-8-26/h2-7,18-19,26H,8-15H2,1H3/t18-,19+/m1/s1. The molecule has 0 spiro atoms. The molecule has 2 aromatic rings. The zero-order chi connectivity index (χ0) is 19.3. The van der Waals surface area contributed by atoms with Crippen LogP contribution in [-0.2, 0) is 11.3 Å². The minimum absolute atomic E-state index is 0.0275. The maximum Gasteiger partial charge on any atom is 0.225 e. The van der Waals surface area contributed by atoms with Crippen LogP contribution < -0.4 is 9.64 Å². The molecule has 2 aliphatic rings. The van der Waals surface area contributed by atoms with Gasteiger partial charge in [-0.1, -0.05) is 12.1 Å². The maximum atomic E-state index is 8.87. The molecule has 150 valence electrons. The second-order valence-electron chi connectivity index (χ2n) is 7.61. The van der Waals surface area contributed by atoms with E-state index in [0.29, 0.717) is 18.6 Å². The highest BCUT2D eigenvalue weighted by Crippen LogP contribution is 2.24. The van der Waals surface area contributed by atoms with Gasteiger partial charge in [-0.25, -0.2) is 9.97 Å². The van der Waals surface area contributed by atoms with E-state index in [4.69, 9.17) is 14.6 Å². The Balaban J connectivity index is 1.46. The van der Waals surface area contributed by atoms with Crippen LogP contribution in [0.15, 0.2) is 36.5 Å². The number of aliphatic hydroxyl groups is 1. The lowest BCUT2D eigenvalue weighted by molar-refractivity contribution is 0.0870. The number of hydrogen-bond donors (Lipinski definition) is 1. The molecule has 7 nitrogen and oxygen atoms in total. The molecular formula is C21H28N4O3. The Labute approximate surface area is 165 Å². The summed E-state index contributed by atoms with van der Waals surface area (Å²) in [4.78, 5) is 14.0. The quantitative estimate of drug-likeness (QED) is 0.809. The van der Waals surface area contributed by atoms with Crippen LogP contribution in [0.25, 0.3) is 0 Å². The number of aliphatic hydroxyl groups excluding tert-OH is 1. The van der Waals surface area contributed by atoms with Gasteiger partial charge in [-0.05, 0) is 30.7 Å². The molecule has 0 radical (unpaired) electrons. The van der Waals surface area contributed by atoms with Crippen molar-refractivity contribution in [3.05, 3.63) is 47.8 Å². The lowest BCUT2D eigenvalue weighted by Crippen LogP contribution is -2.44. The molecule has 4 rings (SSSR count). The Hall–Kier alpha value is -2.22. The zero-order valence-corrected chi connectivity index (χ0v) is 16.3. The smallest absolute Gasteiger partial charge is 0.225 e. The van der Waals surface area contributed by atoms with Crippen molar-refractivity contribution in [3.63, 3.8) is 0 Å². The third-order valence-corrected chi connectivity index (χ3v) is 5.32. The molecule has 28 heavy (non-hydrogen) atoms. The first-order chi connectivity index (χ1) is 13.7. The second kappa shape index (κ2) is 8.86. The van der Waals surface area contributed by atoms with Gasteiger partial charge in [-0.3, -0.25) is 4.90 Å². The van der Waals surface area contributed by atoms with E-state index in [1.807, 2.05) is 31.3 Å². The van der Waals surface area contributed by atoms with E-state index in [9.17, 15) is 0 Å². The topological polar surface area (TPSA) is 71.0 Å². The van der Waals surface area contributed by atoms with Gasteiger partial charge in [0.15, 0.2) is 0 Å². The van der Waals surface area contributed by atoms with Crippen molar-refractivity contribution in [1.29, 1.82) is 0 Å². The first-order valence-corrected chi connectivity index (χ1v) is 9.90. The van der Waals surface area contributed by atoms with E-state index < -0.39 is 0 Å². The lowest BCUT2D eigenvalue weighted by atomic mass is 10.1. The molecular weight excluding hydrogens is 356 g/mol. The fourth-order valence-electron chi connectivity index (χ4n) is 3.96. The van der Waals surface area contributed by atoms with Crippen LogP contribution in [0.3, 0.4) is 0 Å². The van der Waals surface area contributed by atoms with Crippen LogP contribution in [0.5, 0.6) is 5.75 Å². The summed E-state index contributed by atoms with van der Waals surface area (Å²) in [6, 6.07) is 10.4. The molecule has 0 amide bonds. The van der Waals surface area contributed by atoms with E-state index in [1.54, 1.807) is 0 Å². The number of aryl methyl sites for hydroxylation is 1. The lowest BCUT2D eigenvalue weighted by Gasteiger charge is -2.31. The van der Waals surface area contributed by atoms with Gasteiger partial charge in [0.1, 0.15) is 12.4 Å². The van der Waals surface area contributed by atoms with Gasteiger partial charge in [0.2, 0.25) is 5.95 Å². The second-order valence-corrected chi connectivity index (χ2v) is 7.61. The predicted molar refractivity (Wildman–Crippen MR) is 107 cm³/mol. The van der Waals surface area contributed by atoms with Gasteiger partial charge < -0.3 is 19.5 Å². The van der Waals surface area contributed by atoms with Crippen LogP contribution in [-0.4, -0.2) is 72.1 Å². The van der Waals surface area contributed by atoms with Crippen LogP contribution in [0.4, 0.5) is 5.95 Å². The fourth-order valence-corrected chi connectivity index (χ4v) is 3.96. The van der Waals surface area contributed by atoms with Crippen LogP contribution >= 0.6 is 0 Å². The minimum atomic E-state index is 0.0275. The van der Waals surface area contributed by atoms with Crippen LogP contribution in [0.2, 0.25) is 0 Å². The van der Waals surface area contributed by atoms with E-state index >= 15 is 0 Å². The first kappa shape index (κ1) is 19.1. The molecule has 2 atom stereocenters. The summed E-state index contributed by atoms with van der Waals surface area (Å²) in [6.45, 7) is 7.56. The molecule has 7 heteroatoms. The Morgan fingerprint density at radius 1 is 1.14 bits per heavy atom. The highest BCUT2D eigenvalue weighted by Gasteiger charge is 2.34. The molecule has 2 saturated heterocycles. The fraction of sp³-hybridized carbons (Fsp3) is 0.524. The van der Waals surface area contributed by atoms with E-state index in [2.05, 4.69) is 31.9 Å². The van der Waals surface area contributed by atoms with Crippen molar-refractivity contribution < 1.29 is 14.6 Å². The van der Waals surface area contributed by atoms with E-state index in [1.165, 1.54) is 5.56 Å². The molecule has 0 unspecified atom stereocenters. The number of benzene rings is 1. The SMILES string of the molecule is Cc1ccnc(N2C[C@@H]3COC[C@H](C2)N(Cc2ccc(OCCO)cc2)C3)n1. The molecule has 0 saturated carbocycles. The summed E-state index contributed by atoms with van der Waals surface area (Å²) in [7, 11) is 0. The van der Waals surface area contributed by atoms with Crippen LogP contribution in [0, 0.1) is 12.8 Å². The Morgan fingerprint density at radius 3 is 2.79 bits per heavy atom. The third kappa shape index (κ3) is 4.60. The van der Waals surface area contributed by atoms with Gasteiger partial charge in [0.25, 0.3) is 0 Å². The van der Waals surface area contributed by atoms with Crippen molar-refractivity contribution in [2.24, 2.45) is 5.92 Å². The number of ether oxygens (including phenoxy) is 2. The zero-order valence-electron chi connectivity index (χ0n) is 16.3. The maximum absolute atomic E-state index is 8.87. The predicted octanol–water partition coefficient (Wildman–Crippen LogP) is 1.49. The molecule has 1 N–H and O–H groups in total. The van der Waals surface area contributed by atoms with Crippen molar-refractivity contribution in [3.8, 4) is 5.75 Å². The highest BCUT2D eigenvalue weighted by atomic mass is 16.5. The molecule has 1 aromatic carbocycles. The summed E-state index contributed by atoms with van der Waals surface area (Å²) in [5.74, 6) is 2.05. The molecule has 1 aromatic heterocycles. The number of nitrogens with zero attached hydrogens (tertiary/aromatic N) is 4. The minimum Gasteiger partial charge on any atom is -0.491 e. The van der Waals surface area contributed by atoms with Gasteiger partial charge in [0, 0.05) is 44.0 Å². The van der Waals surface area contributed by atoms with Crippen molar-refractivity contribution in [1.82, 2.24) is 14.9 Å². The molecule has 2 bridgehead atoms. The largest absolute Gasteiger partial charge is 0.491 e. The van der Waals surface area contributed by atoms with Crippen molar-refractivity contribution in [2.45, 2.75) is 19.5 Å². The van der Waals surface area contributed by atoms with Gasteiger partial charge >= 0.3 is 0 Å². The van der Waals surface area contributed by atoms with Crippen molar-refractivity contribution in [2.75, 3.05) is 51.0 Å². The monoisotopic (exact) mass is 384 g/mol. The number of aromatic nitrogens is 2. The molecule has 3 heterocycles. The number of anilines is 1. The Bertz CT molecular complexity index is 771. The van der Waals surface area contributed by atoms with Gasteiger partial charge in [-0.15, -0.1) is 0 Å². The molecule has 2 aliphatic heterocycles. The summed E-state index contributed by atoms with van der Waals surface area (Å²) in [6.07, 6.45) is 1.84. The van der Waals surface area contributed by atoms with E-state index in [0.717, 1.165) is 56.8 Å². The molecule has 0 aliphatic carbocycles. The first-order valence-electron chi connectivity index (χ1n) is 9.90. The highest BCUT2D eigenvalue weighted by molar-refractivity contribution is 5.32. The Kier molecular flexibility index (Phi) is 6.04. The number of rotatable bonds is 6. The summed E-state index contributed by atoms with van der Waals surface area (Å²) >= 11 is 0. The normalized spacial score (nSPS) is 22.7. The van der Waals surface area contributed by atoms with Gasteiger partial charge in [-0.2, -0.15) is 0 Å². The summed E-state index contributed by atoms with van der Waals surface area (Å²) in [5.41, 5.74) is 2.25. The summed E-state index contributed by atoms with van der Waals surface area (Å²) in [5, 5.41) is 8.87. The summed E-state index contributed by atoms with van der Waals surface area (Å²) < 4.78 is 11.4. The van der Waals surface area contributed by atoms with Crippen LogP contribution in [0.1, 0.15) is 11.3 Å². The number of hydrogen-bond acceptors (Lipinski definition) is 7. The Morgan fingerprint density at radius 2 is 2.00 bits per heavy atom.